The van der Waals surface area contributed by atoms with Crippen LogP contribution in [0.2, 0.25) is 0 Å². The molecule has 2 aliphatic rings. The van der Waals surface area contributed by atoms with Gasteiger partial charge in [-0.05, 0) is 30.7 Å². The molecule has 28 heavy (non-hydrogen) atoms. The monoisotopic (exact) mass is 400 g/mol. The summed E-state index contributed by atoms with van der Waals surface area (Å²) in [6.45, 7) is 3.45. The number of carbonyl (C=O) groups excluding carboxylic acids is 2. The van der Waals surface area contributed by atoms with Crippen LogP contribution >= 0.6 is 0 Å². The van der Waals surface area contributed by atoms with Gasteiger partial charge in [-0.2, -0.15) is 4.31 Å². The van der Waals surface area contributed by atoms with E-state index in [0.717, 1.165) is 11.1 Å². The van der Waals surface area contributed by atoms with Crippen molar-refractivity contribution in [3.8, 4) is 0 Å². The Morgan fingerprint density at radius 1 is 1.00 bits per heavy atom. The molecule has 0 aromatic heterocycles. The summed E-state index contributed by atoms with van der Waals surface area (Å²) in [7, 11) is -3.73. The van der Waals surface area contributed by atoms with E-state index in [1.54, 1.807) is 6.07 Å². The zero-order valence-corrected chi connectivity index (χ0v) is 16.2. The first-order valence-corrected chi connectivity index (χ1v) is 10.5. The Hall–Kier alpha value is -2.55. The molecule has 1 saturated heterocycles. The van der Waals surface area contributed by atoms with Crippen molar-refractivity contribution in [3.63, 3.8) is 0 Å². The first-order chi connectivity index (χ1) is 13.4. The number of rotatable bonds is 4. The normalized spacial score (nSPS) is 17.8. The van der Waals surface area contributed by atoms with Crippen molar-refractivity contribution in [1.82, 2.24) is 4.31 Å². The van der Waals surface area contributed by atoms with Crippen molar-refractivity contribution in [2.24, 2.45) is 0 Å². The molecule has 2 heterocycles. The zero-order chi connectivity index (χ0) is 19.9. The van der Waals surface area contributed by atoms with Crippen molar-refractivity contribution in [2.45, 2.75) is 18.4 Å². The Labute approximate surface area is 163 Å². The van der Waals surface area contributed by atoms with Gasteiger partial charge >= 0.3 is 0 Å². The van der Waals surface area contributed by atoms with Crippen LogP contribution in [0.25, 0.3) is 0 Å². The topological polar surface area (TPSA) is 84.0 Å². The predicted molar refractivity (Wildman–Crippen MR) is 103 cm³/mol. The molecule has 0 saturated carbocycles. The van der Waals surface area contributed by atoms with Gasteiger partial charge in [-0.25, -0.2) is 8.42 Å². The number of amides is 1. The molecular weight excluding hydrogens is 380 g/mol. The third-order valence-electron chi connectivity index (χ3n) is 5.01. The Morgan fingerprint density at radius 2 is 1.68 bits per heavy atom. The fraction of sp³-hybridized carbons (Fsp3) is 0.300. The molecular formula is C20H20N2O5S. The molecule has 2 aliphatic heterocycles. The molecule has 7 nitrogen and oxygen atoms in total. The lowest BCUT2D eigenvalue weighted by molar-refractivity contribution is -0.114. The fourth-order valence-electron chi connectivity index (χ4n) is 3.41. The highest BCUT2D eigenvalue weighted by Gasteiger charge is 2.37. The van der Waals surface area contributed by atoms with Gasteiger partial charge in [0.2, 0.25) is 10.0 Å². The summed E-state index contributed by atoms with van der Waals surface area (Å²) in [6.07, 6.45) is 0. The van der Waals surface area contributed by atoms with Crippen LogP contribution in [0.4, 0.5) is 5.69 Å². The van der Waals surface area contributed by atoms with Crippen LogP contribution in [0, 0.1) is 6.92 Å². The lowest BCUT2D eigenvalue weighted by Crippen LogP contribution is -2.40. The van der Waals surface area contributed by atoms with E-state index in [9.17, 15) is 18.0 Å². The van der Waals surface area contributed by atoms with Crippen LogP contribution in [0.5, 0.6) is 0 Å². The molecule has 0 aliphatic carbocycles. The van der Waals surface area contributed by atoms with E-state index in [0.29, 0.717) is 18.9 Å². The minimum atomic E-state index is -3.73. The van der Waals surface area contributed by atoms with E-state index < -0.39 is 21.7 Å². The summed E-state index contributed by atoms with van der Waals surface area (Å²) in [6, 6.07) is 12.0. The SMILES string of the molecule is Cc1ccc(CN2C(=O)C(=O)c3cc(S(=O)(=O)N4CCOCC4)ccc32)cc1. The summed E-state index contributed by atoms with van der Waals surface area (Å²) in [5.41, 5.74) is 2.57. The maximum atomic E-state index is 12.8. The van der Waals surface area contributed by atoms with Gasteiger partial charge < -0.3 is 9.64 Å². The molecule has 146 valence electrons. The molecule has 0 atom stereocenters. The molecule has 0 spiro atoms. The largest absolute Gasteiger partial charge is 0.379 e. The van der Waals surface area contributed by atoms with Crippen LogP contribution in [0.15, 0.2) is 47.4 Å². The second kappa shape index (κ2) is 7.12. The fourth-order valence-corrected chi connectivity index (χ4v) is 4.84. The van der Waals surface area contributed by atoms with Crippen molar-refractivity contribution < 1.29 is 22.7 Å². The Bertz CT molecular complexity index is 1040. The zero-order valence-electron chi connectivity index (χ0n) is 15.4. The molecule has 4 rings (SSSR count). The van der Waals surface area contributed by atoms with Crippen LogP contribution in [-0.4, -0.2) is 50.7 Å². The van der Waals surface area contributed by atoms with Gasteiger partial charge in [0.1, 0.15) is 0 Å². The third kappa shape index (κ3) is 3.23. The first kappa shape index (κ1) is 18.8. The summed E-state index contributed by atoms with van der Waals surface area (Å²) < 4.78 is 32.2. The summed E-state index contributed by atoms with van der Waals surface area (Å²) in [4.78, 5) is 26.4. The van der Waals surface area contributed by atoms with Crippen molar-refractivity contribution in [3.05, 3.63) is 59.2 Å². The molecule has 0 radical (unpaired) electrons. The third-order valence-corrected chi connectivity index (χ3v) is 6.91. The second-order valence-corrected chi connectivity index (χ2v) is 8.84. The van der Waals surface area contributed by atoms with E-state index in [-0.39, 0.29) is 30.1 Å². The number of hydrogen-bond donors (Lipinski definition) is 0. The number of hydrogen-bond acceptors (Lipinski definition) is 5. The lowest BCUT2D eigenvalue weighted by Gasteiger charge is -2.26. The number of fused-ring (bicyclic) bond motifs is 1. The number of morpholine rings is 1. The minimum absolute atomic E-state index is 0.0199. The van der Waals surface area contributed by atoms with E-state index in [4.69, 9.17) is 4.74 Å². The molecule has 0 N–H and O–H groups in total. The Balaban J connectivity index is 1.66. The number of Topliss-reactive ketones (excluding diaryl/α,β-unsaturated/α-hetero) is 1. The quantitative estimate of drug-likeness (QED) is 0.730. The minimum Gasteiger partial charge on any atom is -0.379 e. The standard InChI is InChI=1S/C20H20N2O5S/c1-14-2-4-15(5-3-14)13-22-18-7-6-16(12-17(18)19(23)20(22)24)28(25,26)21-8-10-27-11-9-21/h2-7,12H,8-11,13H2,1H3. The molecule has 1 fully saturated rings. The van der Waals surface area contributed by atoms with Crippen molar-refractivity contribution in [2.75, 3.05) is 31.2 Å². The summed E-state index contributed by atoms with van der Waals surface area (Å²) in [5, 5.41) is 0. The smallest absolute Gasteiger partial charge is 0.299 e. The second-order valence-electron chi connectivity index (χ2n) is 6.90. The predicted octanol–water partition coefficient (Wildman–Crippen LogP) is 1.75. The maximum Gasteiger partial charge on any atom is 0.299 e. The number of ketones is 1. The summed E-state index contributed by atoms with van der Waals surface area (Å²) >= 11 is 0. The van der Waals surface area contributed by atoms with Gasteiger partial charge in [-0.3, -0.25) is 9.59 Å². The van der Waals surface area contributed by atoms with Gasteiger partial charge in [0.15, 0.2) is 0 Å². The van der Waals surface area contributed by atoms with E-state index in [1.807, 2.05) is 31.2 Å². The average Bonchev–Trinajstić information content (AvgIpc) is 2.95. The van der Waals surface area contributed by atoms with Crippen molar-refractivity contribution >= 4 is 27.4 Å². The average molecular weight is 400 g/mol. The van der Waals surface area contributed by atoms with Gasteiger partial charge in [0, 0.05) is 13.1 Å². The number of nitrogens with zero attached hydrogens (tertiary/aromatic N) is 2. The number of benzene rings is 2. The number of carbonyl (C=O) groups is 2. The van der Waals surface area contributed by atoms with Crippen LogP contribution < -0.4 is 4.90 Å². The highest BCUT2D eigenvalue weighted by atomic mass is 32.2. The van der Waals surface area contributed by atoms with E-state index in [2.05, 4.69) is 0 Å². The lowest BCUT2D eigenvalue weighted by atomic mass is 10.1. The van der Waals surface area contributed by atoms with Crippen molar-refractivity contribution in [1.29, 1.82) is 0 Å². The highest BCUT2D eigenvalue weighted by Crippen LogP contribution is 2.33. The molecule has 8 heteroatoms. The number of ether oxygens (including phenoxy) is 1. The molecule has 2 aromatic rings. The van der Waals surface area contributed by atoms with Crippen LogP contribution in [0.3, 0.4) is 0 Å². The number of sulfonamides is 1. The van der Waals surface area contributed by atoms with Gasteiger partial charge in [0.25, 0.3) is 11.7 Å². The van der Waals surface area contributed by atoms with Gasteiger partial charge in [-0.15, -0.1) is 0 Å². The molecule has 0 unspecified atom stereocenters. The first-order valence-electron chi connectivity index (χ1n) is 9.01. The number of aryl methyl sites for hydroxylation is 1. The molecule has 0 bridgehead atoms. The van der Waals surface area contributed by atoms with Gasteiger partial charge in [0.05, 0.1) is 35.9 Å². The Kier molecular flexibility index (Phi) is 4.78. The maximum absolute atomic E-state index is 12.8. The van der Waals surface area contributed by atoms with Gasteiger partial charge in [-0.1, -0.05) is 29.8 Å². The Morgan fingerprint density at radius 3 is 2.36 bits per heavy atom. The number of anilines is 1. The van der Waals surface area contributed by atoms with E-state index in [1.165, 1.54) is 21.3 Å². The van der Waals surface area contributed by atoms with Crippen LogP contribution in [-0.2, 0) is 26.1 Å². The summed E-state index contributed by atoms with van der Waals surface area (Å²) in [5.74, 6) is -1.32. The molecule has 1 amide bonds. The molecule has 2 aromatic carbocycles. The van der Waals surface area contributed by atoms with Crippen LogP contribution in [0.1, 0.15) is 21.5 Å². The highest BCUT2D eigenvalue weighted by molar-refractivity contribution is 7.89. The van der Waals surface area contributed by atoms with E-state index >= 15 is 0 Å².